The van der Waals surface area contributed by atoms with E-state index < -0.39 is 5.60 Å². The zero-order valence-electron chi connectivity index (χ0n) is 13.1. The fourth-order valence-corrected chi connectivity index (χ4v) is 2.86. The van der Waals surface area contributed by atoms with Crippen LogP contribution in [0.15, 0.2) is 36.7 Å². The predicted molar refractivity (Wildman–Crippen MR) is 86.2 cm³/mol. The Labute approximate surface area is 134 Å². The lowest BCUT2D eigenvalue weighted by molar-refractivity contribution is 0.0253. The van der Waals surface area contributed by atoms with Gasteiger partial charge in [-0.05, 0) is 31.0 Å². The van der Waals surface area contributed by atoms with E-state index >= 15 is 0 Å². The third-order valence-corrected chi connectivity index (χ3v) is 4.05. The number of pyridine rings is 1. The summed E-state index contributed by atoms with van der Waals surface area (Å²) in [6.07, 6.45) is 4.96. The number of hydrogen-bond donors (Lipinski definition) is 2. The minimum Gasteiger partial charge on any atom is -0.386 e. The van der Waals surface area contributed by atoms with Crippen LogP contribution in [0.3, 0.4) is 0 Å². The molecule has 0 aromatic carbocycles. The molecule has 0 aliphatic carbocycles. The molecule has 2 N–H and O–H groups in total. The Bertz CT molecular complexity index is 672. The second-order valence-electron chi connectivity index (χ2n) is 5.99. The first-order valence-corrected chi connectivity index (χ1v) is 7.72. The molecule has 3 rings (SSSR count). The van der Waals surface area contributed by atoms with E-state index in [1.165, 1.54) is 0 Å². The SMILES string of the molecule is Cn1ccc(C(=O)NC[C@]2(O)CCCN(c3ccccn3)C2)n1. The number of nitrogens with zero attached hydrogens (tertiary/aromatic N) is 4. The molecule has 7 heteroatoms. The highest BCUT2D eigenvalue weighted by molar-refractivity contribution is 5.92. The molecule has 1 fully saturated rings. The summed E-state index contributed by atoms with van der Waals surface area (Å²) >= 11 is 0. The molecule has 23 heavy (non-hydrogen) atoms. The van der Waals surface area contributed by atoms with Gasteiger partial charge in [-0.3, -0.25) is 9.48 Å². The molecule has 1 aliphatic rings. The lowest BCUT2D eigenvalue weighted by Gasteiger charge is -2.39. The normalized spacial score (nSPS) is 21.2. The average molecular weight is 315 g/mol. The third-order valence-electron chi connectivity index (χ3n) is 4.05. The first kappa shape index (κ1) is 15.5. The van der Waals surface area contributed by atoms with Crippen molar-refractivity contribution in [1.29, 1.82) is 0 Å². The fourth-order valence-electron chi connectivity index (χ4n) is 2.86. The van der Waals surface area contributed by atoms with Crippen LogP contribution in [0, 0.1) is 0 Å². The molecule has 0 unspecified atom stereocenters. The minimum atomic E-state index is -0.958. The maximum atomic E-state index is 12.1. The number of amides is 1. The van der Waals surface area contributed by atoms with E-state index in [9.17, 15) is 9.90 Å². The summed E-state index contributed by atoms with van der Waals surface area (Å²) in [5.41, 5.74) is -0.603. The lowest BCUT2D eigenvalue weighted by Crippen LogP contribution is -2.54. The second kappa shape index (κ2) is 6.37. The quantitative estimate of drug-likeness (QED) is 0.862. The number of hydrogen-bond acceptors (Lipinski definition) is 5. The minimum absolute atomic E-state index is 0.200. The van der Waals surface area contributed by atoms with Crippen molar-refractivity contribution in [3.63, 3.8) is 0 Å². The van der Waals surface area contributed by atoms with Crippen LogP contribution in [0.5, 0.6) is 0 Å². The van der Waals surface area contributed by atoms with Gasteiger partial charge < -0.3 is 15.3 Å². The van der Waals surface area contributed by atoms with Gasteiger partial charge in [0, 0.05) is 39.1 Å². The van der Waals surface area contributed by atoms with Crippen LogP contribution in [-0.4, -0.2) is 51.0 Å². The first-order valence-electron chi connectivity index (χ1n) is 7.72. The van der Waals surface area contributed by atoms with Gasteiger partial charge >= 0.3 is 0 Å². The summed E-state index contributed by atoms with van der Waals surface area (Å²) in [6.45, 7) is 1.51. The molecule has 7 nitrogen and oxygen atoms in total. The van der Waals surface area contributed by atoms with Gasteiger partial charge in [0.1, 0.15) is 11.5 Å². The maximum absolute atomic E-state index is 12.1. The van der Waals surface area contributed by atoms with Gasteiger partial charge in [-0.15, -0.1) is 0 Å². The highest BCUT2D eigenvalue weighted by Crippen LogP contribution is 2.24. The zero-order chi connectivity index (χ0) is 16.3. The third kappa shape index (κ3) is 3.68. The number of piperidine rings is 1. The van der Waals surface area contributed by atoms with E-state index in [-0.39, 0.29) is 12.5 Å². The van der Waals surface area contributed by atoms with Gasteiger partial charge in [-0.1, -0.05) is 6.07 Å². The summed E-state index contributed by atoms with van der Waals surface area (Å²) < 4.78 is 1.58. The molecule has 122 valence electrons. The lowest BCUT2D eigenvalue weighted by atomic mass is 9.92. The molecule has 0 radical (unpaired) electrons. The maximum Gasteiger partial charge on any atom is 0.271 e. The van der Waals surface area contributed by atoms with Crippen molar-refractivity contribution in [2.24, 2.45) is 7.05 Å². The van der Waals surface area contributed by atoms with Crippen molar-refractivity contribution in [3.8, 4) is 0 Å². The van der Waals surface area contributed by atoms with Crippen molar-refractivity contribution >= 4 is 11.7 Å². The van der Waals surface area contributed by atoms with Crippen LogP contribution in [0.2, 0.25) is 0 Å². The van der Waals surface area contributed by atoms with Crippen molar-refractivity contribution in [3.05, 3.63) is 42.4 Å². The number of nitrogens with one attached hydrogen (secondary N) is 1. The molecule has 0 bridgehead atoms. The zero-order valence-corrected chi connectivity index (χ0v) is 13.1. The molecule has 0 saturated carbocycles. The first-order chi connectivity index (χ1) is 11.1. The summed E-state index contributed by atoms with van der Waals surface area (Å²) in [5.74, 6) is 0.579. The van der Waals surface area contributed by atoms with Crippen LogP contribution in [0.25, 0.3) is 0 Å². The fraction of sp³-hybridized carbons (Fsp3) is 0.438. The van der Waals surface area contributed by atoms with Crippen molar-refractivity contribution in [2.45, 2.75) is 18.4 Å². The molecule has 1 atom stereocenters. The standard InChI is InChI=1S/C16H21N5O2/c1-20-10-6-13(19-20)15(22)18-11-16(23)7-4-9-21(12-16)14-5-2-3-8-17-14/h2-3,5-6,8,10,23H,4,7,9,11-12H2,1H3,(H,18,22)/t16-/m1/s1. The van der Waals surface area contributed by atoms with Gasteiger partial charge in [0.25, 0.3) is 5.91 Å². The topological polar surface area (TPSA) is 83.3 Å². The van der Waals surface area contributed by atoms with Crippen LogP contribution >= 0.6 is 0 Å². The Balaban J connectivity index is 1.61. The number of carbonyl (C=O) groups is 1. The van der Waals surface area contributed by atoms with E-state index in [2.05, 4.69) is 20.3 Å². The van der Waals surface area contributed by atoms with E-state index in [0.717, 1.165) is 18.8 Å². The number of aliphatic hydroxyl groups is 1. The smallest absolute Gasteiger partial charge is 0.271 e. The van der Waals surface area contributed by atoms with Gasteiger partial charge in [0.15, 0.2) is 0 Å². The molecular formula is C16H21N5O2. The Morgan fingerprint density at radius 2 is 2.30 bits per heavy atom. The van der Waals surface area contributed by atoms with Gasteiger partial charge in [-0.25, -0.2) is 4.98 Å². The van der Waals surface area contributed by atoms with Crippen molar-refractivity contribution < 1.29 is 9.90 Å². The Morgan fingerprint density at radius 3 is 3.00 bits per heavy atom. The molecule has 2 aromatic heterocycles. The Morgan fingerprint density at radius 1 is 1.43 bits per heavy atom. The van der Waals surface area contributed by atoms with Crippen LogP contribution in [0.1, 0.15) is 23.3 Å². The molecule has 1 saturated heterocycles. The molecule has 3 heterocycles. The van der Waals surface area contributed by atoms with E-state index in [0.29, 0.717) is 18.7 Å². The highest BCUT2D eigenvalue weighted by Gasteiger charge is 2.34. The summed E-state index contributed by atoms with van der Waals surface area (Å²) in [5, 5.41) is 17.6. The number of aryl methyl sites for hydroxylation is 1. The van der Waals surface area contributed by atoms with Crippen LogP contribution in [-0.2, 0) is 7.05 Å². The Hall–Kier alpha value is -2.41. The van der Waals surface area contributed by atoms with E-state index in [4.69, 9.17) is 0 Å². The number of aromatic nitrogens is 3. The van der Waals surface area contributed by atoms with Crippen LogP contribution in [0.4, 0.5) is 5.82 Å². The van der Waals surface area contributed by atoms with Gasteiger partial charge in [-0.2, -0.15) is 5.10 Å². The van der Waals surface area contributed by atoms with E-state index in [1.54, 1.807) is 30.2 Å². The number of rotatable bonds is 4. The number of β-amino-alcohol motifs (C(OH)–C–C–N with tert-alkyl or cyclic N) is 1. The van der Waals surface area contributed by atoms with Crippen molar-refractivity contribution in [1.82, 2.24) is 20.1 Å². The summed E-state index contributed by atoms with van der Waals surface area (Å²) in [4.78, 5) is 18.5. The molecule has 2 aromatic rings. The molecule has 1 amide bonds. The predicted octanol–water partition coefficient (Wildman–Crippen LogP) is 0.576. The van der Waals surface area contributed by atoms with Gasteiger partial charge in [0.05, 0.1) is 5.60 Å². The van der Waals surface area contributed by atoms with Gasteiger partial charge in [0.2, 0.25) is 0 Å². The van der Waals surface area contributed by atoms with Crippen LogP contribution < -0.4 is 10.2 Å². The molecular weight excluding hydrogens is 294 g/mol. The molecule has 0 spiro atoms. The second-order valence-corrected chi connectivity index (χ2v) is 5.99. The summed E-state index contributed by atoms with van der Waals surface area (Å²) in [6, 6.07) is 7.38. The Kier molecular flexibility index (Phi) is 4.29. The highest BCUT2D eigenvalue weighted by atomic mass is 16.3. The largest absolute Gasteiger partial charge is 0.386 e. The van der Waals surface area contributed by atoms with E-state index in [1.807, 2.05) is 18.2 Å². The monoisotopic (exact) mass is 315 g/mol. The number of anilines is 1. The van der Waals surface area contributed by atoms with Crippen molar-refractivity contribution in [2.75, 3.05) is 24.5 Å². The molecule has 1 aliphatic heterocycles. The number of carbonyl (C=O) groups excluding carboxylic acids is 1. The summed E-state index contributed by atoms with van der Waals surface area (Å²) in [7, 11) is 1.76. The average Bonchev–Trinajstić information content (AvgIpc) is 3.00.